The third kappa shape index (κ3) is 4.81. The van der Waals surface area contributed by atoms with Gasteiger partial charge in [-0.2, -0.15) is 0 Å². The van der Waals surface area contributed by atoms with Crippen LogP contribution < -0.4 is 5.32 Å². The van der Waals surface area contributed by atoms with Crippen molar-refractivity contribution in [1.29, 1.82) is 0 Å². The van der Waals surface area contributed by atoms with E-state index in [9.17, 15) is 0 Å². The summed E-state index contributed by atoms with van der Waals surface area (Å²) in [7, 11) is 1.80. The molecule has 0 saturated carbocycles. The zero-order valence-electron chi connectivity index (χ0n) is 11.3. The number of methoxy groups -OCH3 is 1. The Morgan fingerprint density at radius 2 is 2.06 bits per heavy atom. The molecule has 16 heavy (non-hydrogen) atoms. The highest BCUT2D eigenvalue weighted by Crippen LogP contribution is 2.18. The summed E-state index contributed by atoms with van der Waals surface area (Å²) in [5.74, 6) is 1.49. The highest BCUT2D eigenvalue weighted by Gasteiger charge is 2.25. The van der Waals surface area contributed by atoms with Crippen molar-refractivity contribution >= 4 is 0 Å². The Morgan fingerprint density at radius 1 is 1.31 bits per heavy atom. The average Bonchev–Trinajstić information content (AvgIpc) is 2.66. The predicted octanol–water partition coefficient (Wildman–Crippen LogP) is 1.59. The van der Waals surface area contributed by atoms with E-state index in [1.54, 1.807) is 7.11 Å². The molecule has 0 radical (unpaired) electrons. The fourth-order valence-electron chi connectivity index (χ4n) is 2.34. The molecule has 1 aliphatic rings. The van der Waals surface area contributed by atoms with Crippen molar-refractivity contribution in [1.82, 2.24) is 10.2 Å². The van der Waals surface area contributed by atoms with Crippen LogP contribution in [0.15, 0.2) is 0 Å². The number of ether oxygens (including phenoxy) is 1. The van der Waals surface area contributed by atoms with Crippen LogP contribution in [0.4, 0.5) is 0 Å². The lowest BCUT2D eigenvalue weighted by molar-refractivity contribution is 0.148. The highest BCUT2D eigenvalue weighted by molar-refractivity contribution is 4.80. The van der Waals surface area contributed by atoms with Crippen molar-refractivity contribution in [3.63, 3.8) is 0 Å². The molecule has 1 rings (SSSR count). The van der Waals surface area contributed by atoms with Crippen molar-refractivity contribution in [2.24, 2.45) is 11.8 Å². The van der Waals surface area contributed by atoms with Crippen LogP contribution in [0, 0.1) is 11.8 Å². The van der Waals surface area contributed by atoms with E-state index in [-0.39, 0.29) is 0 Å². The first-order chi connectivity index (χ1) is 7.63. The number of hydrogen-bond donors (Lipinski definition) is 1. The van der Waals surface area contributed by atoms with Crippen LogP contribution in [0.25, 0.3) is 0 Å². The SMILES string of the molecule is COCC1CCN(C(C)CNCC(C)C)C1. The minimum atomic E-state index is 0.653. The van der Waals surface area contributed by atoms with E-state index in [0.29, 0.717) is 6.04 Å². The van der Waals surface area contributed by atoms with E-state index in [0.717, 1.165) is 31.5 Å². The summed E-state index contributed by atoms with van der Waals surface area (Å²) in [6, 6.07) is 0.653. The van der Waals surface area contributed by atoms with Crippen molar-refractivity contribution < 1.29 is 4.74 Å². The van der Waals surface area contributed by atoms with E-state index in [2.05, 4.69) is 31.0 Å². The first-order valence-electron chi connectivity index (χ1n) is 6.57. The molecule has 2 atom stereocenters. The van der Waals surface area contributed by atoms with Gasteiger partial charge in [-0.15, -0.1) is 0 Å². The maximum Gasteiger partial charge on any atom is 0.0503 e. The highest BCUT2D eigenvalue weighted by atomic mass is 16.5. The van der Waals surface area contributed by atoms with Gasteiger partial charge in [0, 0.05) is 26.2 Å². The van der Waals surface area contributed by atoms with Gasteiger partial charge in [0.25, 0.3) is 0 Å². The Bertz CT molecular complexity index is 185. The van der Waals surface area contributed by atoms with Crippen LogP contribution in [-0.4, -0.2) is 50.8 Å². The molecular formula is C13H28N2O. The number of rotatable bonds is 7. The van der Waals surface area contributed by atoms with Gasteiger partial charge in [-0.25, -0.2) is 0 Å². The molecule has 1 aliphatic heterocycles. The summed E-state index contributed by atoms with van der Waals surface area (Å²) in [5.41, 5.74) is 0. The van der Waals surface area contributed by atoms with Crippen molar-refractivity contribution in [3.05, 3.63) is 0 Å². The van der Waals surface area contributed by atoms with Gasteiger partial charge in [-0.3, -0.25) is 4.90 Å². The van der Waals surface area contributed by atoms with Gasteiger partial charge in [0.1, 0.15) is 0 Å². The average molecular weight is 228 g/mol. The quantitative estimate of drug-likeness (QED) is 0.716. The number of hydrogen-bond acceptors (Lipinski definition) is 3. The third-order valence-electron chi connectivity index (χ3n) is 3.34. The molecule has 0 aromatic heterocycles. The summed E-state index contributed by atoms with van der Waals surface area (Å²) in [6.45, 7) is 12.4. The van der Waals surface area contributed by atoms with Gasteiger partial charge in [-0.1, -0.05) is 13.8 Å². The monoisotopic (exact) mass is 228 g/mol. The molecule has 1 N–H and O–H groups in total. The van der Waals surface area contributed by atoms with Crippen molar-refractivity contribution in [2.45, 2.75) is 33.2 Å². The number of nitrogens with one attached hydrogen (secondary N) is 1. The maximum atomic E-state index is 5.22. The van der Waals surface area contributed by atoms with E-state index in [1.165, 1.54) is 19.5 Å². The van der Waals surface area contributed by atoms with Gasteiger partial charge < -0.3 is 10.1 Å². The normalized spacial score (nSPS) is 24.2. The van der Waals surface area contributed by atoms with Crippen LogP contribution in [-0.2, 0) is 4.74 Å². The molecule has 3 nitrogen and oxygen atoms in total. The largest absolute Gasteiger partial charge is 0.384 e. The number of likely N-dealkylation sites (tertiary alicyclic amines) is 1. The summed E-state index contributed by atoms with van der Waals surface area (Å²) in [6.07, 6.45) is 1.29. The summed E-state index contributed by atoms with van der Waals surface area (Å²) < 4.78 is 5.22. The molecule has 1 fully saturated rings. The maximum absolute atomic E-state index is 5.22. The van der Waals surface area contributed by atoms with Crippen LogP contribution in [0.1, 0.15) is 27.2 Å². The minimum absolute atomic E-state index is 0.653. The third-order valence-corrected chi connectivity index (χ3v) is 3.34. The molecule has 0 bridgehead atoms. The summed E-state index contributed by atoms with van der Waals surface area (Å²) in [4.78, 5) is 2.58. The number of nitrogens with zero attached hydrogens (tertiary/aromatic N) is 1. The summed E-state index contributed by atoms with van der Waals surface area (Å²) >= 11 is 0. The van der Waals surface area contributed by atoms with E-state index in [1.807, 2.05) is 0 Å². The molecule has 0 spiro atoms. The summed E-state index contributed by atoms with van der Waals surface area (Å²) in [5, 5.41) is 3.54. The van der Waals surface area contributed by atoms with Gasteiger partial charge in [-0.05, 0) is 38.3 Å². The molecule has 96 valence electrons. The molecule has 1 heterocycles. The smallest absolute Gasteiger partial charge is 0.0503 e. The van der Waals surface area contributed by atoms with Crippen LogP contribution in [0.2, 0.25) is 0 Å². The lowest BCUT2D eigenvalue weighted by atomic mass is 10.1. The van der Waals surface area contributed by atoms with Crippen LogP contribution in [0.3, 0.4) is 0 Å². The van der Waals surface area contributed by atoms with Gasteiger partial charge >= 0.3 is 0 Å². The second kappa shape index (κ2) is 7.25. The fraction of sp³-hybridized carbons (Fsp3) is 1.00. The molecule has 2 unspecified atom stereocenters. The minimum Gasteiger partial charge on any atom is -0.384 e. The zero-order chi connectivity index (χ0) is 12.0. The fourth-order valence-corrected chi connectivity index (χ4v) is 2.34. The Balaban J connectivity index is 2.15. The molecule has 0 aromatic carbocycles. The lowest BCUT2D eigenvalue weighted by Gasteiger charge is -2.25. The molecule has 0 amide bonds. The second-order valence-corrected chi connectivity index (χ2v) is 5.51. The Morgan fingerprint density at radius 3 is 2.69 bits per heavy atom. The van der Waals surface area contributed by atoms with Gasteiger partial charge in [0.05, 0.1) is 6.61 Å². The van der Waals surface area contributed by atoms with Crippen molar-refractivity contribution in [2.75, 3.05) is 39.9 Å². The van der Waals surface area contributed by atoms with Gasteiger partial charge in [0.2, 0.25) is 0 Å². The zero-order valence-corrected chi connectivity index (χ0v) is 11.3. The Labute approximate surface area is 101 Å². The van der Waals surface area contributed by atoms with Crippen LogP contribution in [0.5, 0.6) is 0 Å². The van der Waals surface area contributed by atoms with E-state index < -0.39 is 0 Å². The molecule has 0 aromatic rings. The van der Waals surface area contributed by atoms with Crippen molar-refractivity contribution in [3.8, 4) is 0 Å². The van der Waals surface area contributed by atoms with Crippen LogP contribution >= 0.6 is 0 Å². The second-order valence-electron chi connectivity index (χ2n) is 5.51. The first-order valence-corrected chi connectivity index (χ1v) is 6.57. The Hall–Kier alpha value is -0.120. The Kier molecular flexibility index (Phi) is 6.32. The van der Waals surface area contributed by atoms with E-state index >= 15 is 0 Å². The van der Waals surface area contributed by atoms with E-state index in [4.69, 9.17) is 4.74 Å². The first kappa shape index (κ1) is 13.9. The molecule has 0 aliphatic carbocycles. The molecule has 3 heteroatoms. The molecule has 1 saturated heterocycles. The predicted molar refractivity (Wildman–Crippen MR) is 68.7 cm³/mol. The topological polar surface area (TPSA) is 24.5 Å². The lowest BCUT2D eigenvalue weighted by Crippen LogP contribution is -2.40. The van der Waals surface area contributed by atoms with Gasteiger partial charge in [0.15, 0.2) is 0 Å². The molecular weight excluding hydrogens is 200 g/mol. The standard InChI is InChI=1S/C13H28N2O/c1-11(2)7-14-8-12(3)15-6-5-13(9-15)10-16-4/h11-14H,5-10H2,1-4H3.